The average molecular weight is 226 g/mol. The third kappa shape index (κ3) is 2.22. The van der Waals surface area contributed by atoms with E-state index in [1.165, 1.54) is 0 Å². The molecular formula is C11H18N2OS. The van der Waals surface area contributed by atoms with Gasteiger partial charge in [-0.2, -0.15) is 0 Å². The first-order valence-electron chi connectivity index (χ1n) is 5.35. The Labute approximate surface area is 94.8 Å². The normalized spacial score (nSPS) is 20.6. The first-order chi connectivity index (χ1) is 6.99. The SMILES string of the molecule is Cc1nc(CN2CC(O)(C(C)C)C2)cs1. The first kappa shape index (κ1) is 11.0. The van der Waals surface area contributed by atoms with E-state index in [1.54, 1.807) is 11.3 Å². The predicted octanol–water partition coefficient (Wildman–Crippen LogP) is 1.65. The van der Waals surface area contributed by atoms with Gasteiger partial charge in [0, 0.05) is 25.0 Å². The van der Waals surface area contributed by atoms with Crippen LogP contribution in [0.4, 0.5) is 0 Å². The lowest BCUT2D eigenvalue weighted by molar-refractivity contribution is -0.131. The number of likely N-dealkylation sites (tertiary alicyclic amines) is 1. The monoisotopic (exact) mass is 226 g/mol. The summed E-state index contributed by atoms with van der Waals surface area (Å²) in [7, 11) is 0. The molecular weight excluding hydrogens is 208 g/mol. The highest BCUT2D eigenvalue weighted by Crippen LogP contribution is 2.29. The number of rotatable bonds is 3. The molecule has 84 valence electrons. The number of hydrogen-bond donors (Lipinski definition) is 1. The largest absolute Gasteiger partial charge is 0.387 e. The molecule has 1 fully saturated rings. The number of aliphatic hydroxyl groups is 1. The predicted molar refractivity (Wildman–Crippen MR) is 61.9 cm³/mol. The molecule has 15 heavy (non-hydrogen) atoms. The Kier molecular flexibility index (Phi) is 2.83. The Morgan fingerprint density at radius 3 is 2.73 bits per heavy atom. The van der Waals surface area contributed by atoms with Gasteiger partial charge >= 0.3 is 0 Å². The number of aromatic nitrogens is 1. The van der Waals surface area contributed by atoms with Gasteiger partial charge in [0.15, 0.2) is 0 Å². The molecule has 3 nitrogen and oxygen atoms in total. The van der Waals surface area contributed by atoms with Crippen molar-refractivity contribution in [1.29, 1.82) is 0 Å². The molecule has 0 radical (unpaired) electrons. The minimum atomic E-state index is -0.467. The highest BCUT2D eigenvalue weighted by atomic mass is 32.1. The van der Waals surface area contributed by atoms with Crippen molar-refractivity contribution in [2.24, 2.45) is 5.92 Å². The van der Waals surface area contributed by atoms with E-state index in [-0.39, 0.29) is 0 Å². The highest BCUT2D eigenvalue weighted by Gasteiger charge is 2.43. The zero-order valence-electron chi connectivity index (χ0n) is 9.53. The third-order valence-corrected chi connectivity index (χ3v) is 3.94. The molecule has 1 N–H and O–H groups in total. The van der Waals surface area contributed by atoms with Gasteiger partial charge < -0.3 is 5.11 Å². The summed E-state index contributed by atoms with van der Waals surface area (Å²) in [5.41, 5.74) is 0.661. The summed E-state index contributed by atoms with van der Waals surface area (Å²) in [6.07, 6.45) is 0. The minimum Gasteiger partial charge on any atom is -0.387 e. The summed E-state index contributed by atoms with van der Waals surface area (Å²) in [6, 6.07) is 0. The molecule has 4 heteroatoms. The summed E-state index contributed by atoms with van der Waals surface area (Å²) in [5.74, 6) is 0.339. The van der Waals surface area contributed by atoms with Gasteiger partial charge in [0.05, 0.1) is 16.3 Å². The van der Waals surface area contributed by atoms with Gasteiger partial charge in [0.2, 0.25) is 0 Å². The highest BCUT2D eigenvalue weighted by molar-refractivity contribution is 7.09. The van der Waals surface area contributed by atoms with Crippen molar-refractivity contribution in [2.45, 2.75) is 32.9 Å². The fraction of sp³-hybridized carbons (Fsp3) is 0.727. The van der Waals surface area contributed by atoms with Gasteiger partial charge in [0.1, 0.15) is 0 Å². The van der Waals surface area contributed by atoms with Crippen molar-refractivity contribution in [1.82, 2.24) is 9.88 Å². The maximum absolute atomic E-state index is 10.1. The van der Waals surface area contributed by atoms with Gasteiger partial charge in [-0.05, 0) is 12.8 Å². The molecule has 1 aliphatic heterocycles. The molecule has 0 bridgehead atoms. The number of β-amino-alcohol motifs (C(OH)–C–C–N with tert-alkyl or cyclic N) is 1. The van der Waals surface area contributed by atoms with Crippen LogP contribution in [-0.2, 0) is 6.54 Å². The smallest absolute Gasteiger partial charge is 0.0923 e. The van der Waals surface area contributed by atoms with E-state index in [4.69, 9.17) is 0 Å². The maximum Gasteiger partial charge on any atom is 0.0923 e. The lowest BCUT2D eigenvalue weighted by atomic mass is 9.83. The molecule has 1 aromatic rings. The lowest BCUT2D eigenvalue weighted by Crippen LogP contribution is -2.63. The Morgan fingerprint density at radius 2 is 2.27 bits per heavy atom. The van der Waals surface area contributed by atoms with Gasteiger partial charge in [0.25, 0.3) is 0 Å². The molecule has 1 saturated heterocycles. The van der Waals surface area contributed by atoms with Crippen LogP contribution in [0.1, 0.15) is 24.5 Å². The van der Waals surface area contributed by atoms with Crippen molar-refractivity contribution in [3.8, 4) is 0 Å². The van der Waals surface area contributed by atoms with Gasteiger partial charge in [-0.1, -0.05) is 13.8 Å². The van der Waals surface area contributed by atoms with E-state index in [2.05, 4.69) is 29.1 Å². The van der Waals surface area contributed by atoms with Crippen LogP contribution < -0.4 is 0 Å². The zero-order valence-corrected chi connectivity index (χ0v) is 10.3. The van der Waals surface area contributed by atoms with Crippen LogP contribution >= 0.6 is 11.3 Å². The molecule has 0 aromatic carbocycles. The molecule has 1 aromatic heterocycles. The number of hydrogen-bond acceptors (Lipinski definition) is 4. The fourth-order valence-electron chi connectivity index (χ4n) is 1.92. The van der Waals surface area contributed by atoms with Crippen LogP contribution in [0.15, 0.2) is 5.38 Å². The number of thiazole rings is 1. The van der Waals surface area contributed by atoms with Crippen LogP contribution in [0.2, 0.25) is 0 Å². The number of aryl methyl sites for hydroxylation is 1. The molecule has 0 atom stereocenters. The minimum absolute atomic E-state index is 0.339. The summed E-state index contributed by atoms with van der Waals surface area (Å²) in [4.78, 5) is 6.66. The second kappa shape index (κ2) is 3.85. The van der Waals surface area contributed by atoms with Crippen molar-refractivity contribution < 1.29 is 5.11 Å². The second-order valence-corrected chi connectivity index (χ2v) is 5.82. The standard InChI is InChI=1S/C11H18N2OS/c1-8(2)11(14)6-13(7-11)4-10-5-15-9(3)12-10/h5,8,14H,4,6-7H2,1-3H3. The van der Waals surface area contributed by atoms with E-state index in [1.807, 2.05) is 6.92 Å². The van der Waals surface area contributed by atoms with Crippen molar-refractivity contribution in [2.75, 3.05) is 13.1 Å². The Hall–Kier alpha value is -0.450. The van der Waals surface area contributed by atoms with E-state index < -0.39 is 5.60 Å². The van der Waals surface area contributed by atoms with Crippen LogP contribution in [0, 0.1) is 12.8 Å². The summed E-state index contributed by atoms with van der Waals surface area (Å²) in [5, 5.41) is 13.3. The van der Waals surface area contributed by atoms with Crippen molar-refractivity contribution in [3.63, 3.8) is 0 Å². The van der Waals surface area contributed by atoms with Crippen LogP contribution in [0.3, 0.4) is 0 Å². The average Bonchev–Trinajstić information content (AvgIpc) is 2.48. The third-order valence-electron chi connectivity index (χ3n) is 3.12. The zero-order chi connectivity index (χ0) is 11.1. The second-order valence-electron chi connectivity index (χ2n) is 4.76. The van der Waals surface area contributed by atoms with E-state index >= 15 is 0 Å². The summed E-state index contributed by atoms with van der Waals surface area (Å²) >= 11 is 1.69. The molecule has 0 amide bonds. The van der Waals surface area contributed by atoms with Gasteiger partial charge in [-0.3, -0.25) is 4.90 Å². The topological polar surface area (TPSA) is 36.4 Å². The molecule has 0 spiro atoms. The van der Waals surface area contributed by atoms with E-state index in [0.717, 1.165) is 30.3 Å². The molecule has 0 unspecified atom stereocenters. The van der Waals surface area contributed by atoms with Crippen LogP contribution in [-0.4, -0.2) is 33.7 Å². The summed E-state index contributed by atoms with van der Waals surface area (Å²) < 4.78 is 0. The Bertz CT molecular complexity index is 342. The van der Waals surface area contributed by atoms with E-state index in [0.29, 0.717) is 5.92 Å². The Morgan fingerprint density at radius 1 is 1.60 bits per heavy atom. The van der Waals surface area contributed by atoms with E-state index in [9.17, 15) is 5.11 Å². The fourth-order valence-corrected chi connectivity index (χ4v) is 2.52. The van der Waals surface area contributed by atoms with Crippen molar-refractivity contribution >= 4 is 11.3 Å². The van der Waals surface area contributed by atoms with Crippen LogP contribution in [0.25, 0.3) is 0 Å². The Balaban J connectivity index is 1.86. The lowest BCUT2D eigenvalue weighted by Gasteiger charge is -2.49. The quantitative estimate of drug-likeness (QED) is 0.851. The molecule has 2 heterocycles. The van der Waals surface area contributed by atoms with Crippen LogP contribution in [0.5, 0.6) is 0 Å². The van der Waals surface area contributed by atoms with Gasteiger partial charge in [-0.15, -0.1) is 11.3 Å². The summed E-state index contributed by atoms with van der Waals surface area (Å²) in [6.45, 7) is 8.60. The molecule has 0 aliphatic carbocycles. The van der Waals surface area contributed by atoms with Gasteiger partial charge in [-0.25, -0.2) is 4.98 Å². The number of nitrogens with zero attached hydrogens (tertiary/aromatic N) is 2. The van der Waals surface area contributed by atoms with Crippen molar-refractivity contribution in [3.05, 3.63) is 16.1 Å². The molecule has 0 saturated carbocycles. The molecule has 2 rings (SSSR count). The first-order valence-corrected chi connectivity index (χ1v) is 6.23. The maximum atomic E-state index is 10.1. The molecule has 1 aliphatic rings.